The first-order valence-electron chi connectivity index (χ1n) is 11.6. The molecule has 2 N–H and O–H groups in total. The van der Waals surface area contributed by atoms with Crippen LogP contribution in [-0.4, -0.2) is 32.3 Å². The second kappa shape index (κ2) is 10.7. The van der Waals surface area contributed by atoms with Gasteiger partial charge < -0.3 is 24.5 Å². The highest BCUT2D eigenvalue weighted by molar-refractivity contribution is 6.00. The van der Waals surface area contributed by atoms with Crippen LogP contribution >= 0.6 is 0 Å². The number of para-hydroxylation sites is 2. The molecule has 0 saturated heterocycles. The van der Waals surface area contributed by atoms with E-state index in [9.17, 15) is 9.18 Å². The number of hydrogen-bond donors (Lipinski definition) is 2. The molecule has 3 aromatic carbocycles. The second-order valence-corrected chi connectivity index (χ2v) is 8.07. The number of halogens is 1. The van der Waals surface area contributed by atoms with Crippen molar-refractivity contribution in [2.75, 3.05) is 17.2 Å². The molecule has 9 nitrogen and oxygen atoms in total. The number of nitrogens with zero attached hydrogens (tertiary/aromatic N) is 4. The fourth-order valence-electron chi connectivity index (χ4n) is 3.67. The first-order valence-corrected chi connectivity index (χ1v) is 11.6. The van der Waals surface area contributed by atoms with Crippen LogP contribution in [0.15, 0.2) is 89.8 Å². The van der Waals surface area contributed by atoms with Crippen LogP contribution in [0.1, 0.15) is 12.5 Å². The summed E-state index contributed by atoms with van der Waals surface area (Å²) in [5, 5.41) is 9.55. The van der Waals surface area contributed by atoms with Crippen molar-refractivity contribution in [3.63, 3.8) is 0 Å². The second-order valence-electron chi connectivity index (χ2n) is 8.07. The molecule has 186 valence electrons. The monoisotopic (exact) mass is 498 g/mol. The molecule has 2 aromatic heterocycles. The molecule has 0 radical (unpaired) electrons. The molecule has 5 aromatic rings. The Hall–Kier alpha value is -4.99. The number of carbonyl (C=O) groups is 1. The Labute approximate surface area is 211 Å². The van der Waals surface area contributed by atoms with Gasteiger partial charge in [0.05, 0.1) is 18.6 Å². The van der Waals surface area contributed by atoms with Gasteiger partial charge in [-0.15, -0.1) is 0 Å². The lowest BCUT2D eigenvalue weighted by Gasteiger charge is -2.12. The molecule has 0 spiro atoms. The third-order valence-electron chi connectivity index (χ3n) is 5.37. The van der Waals surface area contributed by atoms with Gasteiger partial charge >= 0.3 is 6.03 Å². The number of urea groups is 1. The highest BCUT2D eigenvalue weighted by atomic mass is 19.1. The molecule has 0 aliphatic carbocycles. The van der Waals surface area contributed by atoms with Crippen molar-refractivity contribution < 1.29 is 18.4 Å². The first-order chi connectivity index (χ1) is 18.1. The van der Waals surface area contributed by atoms with E-state index in [1.165, 1.54) is 12.1 Å². The third-order valence-corrected chi connectivity index (χ3v) is 5.37. The number of hydrogen-bond acceptors (Lipinski definition) is 6. The van der Waals surface area contributed by atoms with Gasteiger partial charge in [0.2, 0.25) is 5.82 Å². The highest BCUT2D eigenvalue weighted by Gasteiger charge is 2.14. The minimum Gasteiger partial charge on any atom is -0.492 e. The SMILES string of the molecule is CCOc1ccccc1NC(=O)Nc1ccc(Cn2cnc(-c3nc(-c4cccc(F)c4)no3)c2)cc1. The van der Waals surface area contributed by atoms with Crippen molar-refractivity contribution in [3.8, 4) is 28.7 Å². The number of ether oxygens (including phenoxy) is 1. The van der Waals surface area contributed by atoms with Crippen LogP contribution in [0.5, 0.6) is 5.75 Å². The lowest BCUT2D eigenvalue weighted by Crippen LogP contribution is -2.19. The van der Waals surface area contributed by atoms with Crippen LogP contribution in [-0.2, 0) is 6.54 Å². The summed E-state index contributed by atoms with van der Waals surface area (Å²) in [5.74, 6) is 0.773. The molecular weight excluding hydrogens is 475 g/mol. The quantitative estimate of drug-likeness (QED) is 0.279. The molecule has 0 atom stereocenters. The summed E-state index contributed by atoms with van der Waals surface area (Å²) in [4.78, 5) is 21.1. The third kappa shape index (κ3) is 5.81. The zero-order valence-corrected chi connectivity index (χ0v) is 19.9. The van der Waals surface area contributed by atoms with E-state index in [2.05, 4.69) is 25.8 Å². The highest BCUT2D eigenvalue weighted by Crippen LogP contribution is 2.24. The molecule has 0 saturated carbocycles. The number of imidazole rings is 1. The summed E-state index contributed by atoms with van der Waals surface area (Å²) in [6.45, 7) is 2.94. The van der Waals surface area contributed by atoms with Gasteiger partial charge in [-0.3, -0.25) is 0 Å². The van der Waals surface area contributed by atoms with E-state index in [0.717, 1.165) is 5.56 Å². The zero-order valence-electron chi connectivity index (χ0n) is 19.9. The van der Waals surface area contributed by atoms with Crippen molar-refractivity contribution in [2.24, 2.45) is 0 Å². The lowest BCUT2D eigenvalue weighted by molar-refractivity contribution is 0.262. The van der Waals surface area contributed by atoms with Crippen molar-refractivity contribution in [1.29, 1.82) is 0 Å². The first kappa shape index (κ1) is 23.7. The van der Waals surface area contributed by atoms with Crippen molar-refractivity contribution in [1.82, 2.24) is 19.7 Å². The van der Waals surface area contributed by atoms with Crippen LogP contribution in [0.25, 0.3) is 23.0 Å². The number of nitrogens with one attached hydrogen (secondary N) is 2. The van der Waals surface area contributed by atoms with E-state index < -0.39 is 0 Å². The molecular formula is C27H23FN6O3. The summed E-state index contributed by atoms with van der Waals surface area (Å²) in [6.07, 6.45) is 3.45. The molecule has 0 unspecified atom stereocenters. The number of aromatic nitrogens is 4. The Bertz CT molecular complexity index is 1510. The maximum atomic E-state index is 13.5. The van der Waals surface area contributed by atoms with Crippen LogP contribution in [0, 0.1) is 5.82 Å². The zero-order chi connectivity index (χ0) is 25.6. The number of benzene rings is 3. The van der Waals surface area contributed by atoms with Gasteiger partial charge in [-0.1, -0.05) is 41.6 Å². The van der Waals surface area contributed by atoms with Gasteiger partial charge in [0.1, 0.15) is 17.3 Å². The van der Waals surface area contributed by atoms with Gasteiger partial charge in [0.15, 0.2) is 0 Å². The number of carbonyl (C=O) groups excluding carboxylic acids is 1. The smallest absolute Gasteiger partial charge is 0.323 e. The fourth-order valence-corrected chi connectivity index (χ4v) is 3.67. The number of rotatable bonds is 8. The average Bonchev–Trinajstić information content (AvgIpc) is 3.57. The van der Waals surface area contributed by atoms with Crippen molar-refractivity contribution in [2.45, 2.75) is 13.5 Å². The predicted octanol–water partition coefficient (Wildman–Crippen LogP) is 5.83. The largest absolute Gasteiger partial charge is 0.492 e. The van der Waals surface area contributed by atoms with E-state index >= 15 is 0 Å². The Morgan fingerprint density at radius 2 is 1.89 bits per heavy atom. The number of anilines is 2. The van der Waals surface area contributed by atoms with Crippen LogP contribution < -0.4 is 15.4 Å². The van der Waals surface area contributed by atoms with Gasteiger partial charge in [-0.25, -0.2) is 14.2 Å². The van der Waals surface area contributed by atoms with E-state index in [1.54, 1.807) is 36.8 Å². The summed E-state index contributed by atoms with van der Waals surface area (Å²) in [6, 6.07) is 20.4. The predicted molar refractivity (Wildman–Crippen MR) is 137 cm³/mol. The van der Waals surface area contributed by atoms with Gasteiger partial charge in [0.25, 0.3) is 5.89 Å². The van der Waals surface area contributed by atoms with E-state index in [1.807, 2.05) is 47.9 Å². The van der Waals surface area contributed by atoms with E-state index in [-0.39, 0.29) is 23.6 Å². The average molecular weight is 499 g/mol. The summed E-state index contributed by atoms with van der Waals surface area (Å²) < 4.78 is 26.2. The minimum atomic E-state index is -0.373. The van der Waals surface area contributed by atoms with Gasteiger partial charge in [-0.2, -0.15) is 4.98 Å². The molecule has 10 heteroatoms. The van der Waals surface area contributed by atoms with Gasteiger partial charge in [-0.05, 0) is 48.9 Å². The topological polar surface area (TPSA) is 107 Å². The van der Waals surface area contributed by atoms with Crippen molar-refractivity contribution in [3.05, 3.63) is 96.7 Å². The minimum absolute atomic E-state index is 0.245. The molecule has 0 aliphatic heterocycles. The molecule has 0 fully saturated rings. The Kier molecular flexibility index (Phi) is 6.89. The molecule has 0 bridgehead atoms. The summed E-state index contributed by atoms with van der Waals surface area (Å²) in [5.41, 5.74) is 3.28. The molecule has 2 amide bonds. The van der Waals surface area contributed by atoms with Crippen LogP contribution in [0.2, 0.25) is 0 Å². The van der Waals surface area contributed by atoms with Crippen LogP contribution in [0.4, 0.5) is 20.6 Å². The Morgan fingerprint density at radius 3 is 2.70 bits per heavy atom. The maximum Gasteiger partial charge on any atom is 0.323 e. The Balaban J connectivity index is 1.19. The van der Waals surface area contributed by atoms with Crippen LogP contribution in [0.3, 0.4) is 0 Å². The Morgan fingerprint density at radius 1 is 1.05 bits per heavy atom. The fraction of sp³-hybridized carbons (Fsp3) is 0.111. The van der Waals surface area contributed by atoms with E-state index in [0.29, 0.717) is 41.5 Å². The van der Waals surface area contributed by atoms with Gasteiger partial charge in [0, 0.05) is 24.0 Å². The van der Waals surface area contributed by atoms with E-state index in [4.69, 9.17) is 9.26 Å². The maximum absolute atomic E-state index is 13.5. The van der Waals surface area contributed by atoms with Crippen molar-refractivity contribution >= 4 is 17.4 Å². The standard InChI is InChI=1S/C27H23FN6O3/c1-2-36-24-9-4-3-8-22(24)31-27(35)30-21-12-10-18(11-13-21)15-34-16-23(29-17-34)26-32-25(33-37-26)19-6-5-7-20(28)14-19/h3-14,16-17H,2,15H2,1H3,(H2,30,31,35). The molecule has 37 heavy (non-hydrogen) atoms. The summed E-state index contributed by atoms with van der Waals surface area (Å²) >= 11 is 0. The molecule has 5 rings (SSSR count). The molecule has 2 heterocycles. The normalized spacial score (nSPS) is 10.8. The lowest BCUT2D eigenvalue weighted by atomic mass is 10.2. The summed E-state index contributed by atoms with van der Waals surface area (Å²) in [7, 11) is 0. The molecule has 0 aliphatic rings. The number of amides is 2.